The van der Waals surface area contributed by atoms with Crippen LogP contribution in [-0.2, 0) is 6.42 Å². The van der Waals surface area contributed by atoms with E-state index in [2.05, 4.69) is 58.1 Å². The smallest absolute Gasteiger partial charge is 0.272 e. The number of aromatic nitrogens is 2. The van der Waals surface area contributed by atoms with Crippen LogP contribution in [0.25, 0.3) is 5.57 Å². The highest BCUT2D eigenvalue weighted by Gasteiger charge is 2.68. The number of nitrogens with zero attached hydrogens (tertiary/aromatic N) is 3. The molecule has 5 heteroatoms. The van der Waals surface area contributed by atoms with Gasteiger partial charge < -0.3 is 4.90 Å². The summed E-state index contributed by atoms with van der Waals surface area (Å²) < 4.78 is 0. The van der Waals surface area contributed by atoms with Crippen molar-refractivity contribution in [2.45, 2.75) is 65.0 Å². The first-order chi connectivity index (χ1) is 14.0. The molecule has 3 aliphatic carbocycles. The molecule has 2 aliphatic heterocycles. The molecule has 2 atom stereocenters. The number of hydrogen-bond donors (Lipinski definition) is 1. The monoisotopic (exact) mass is 392 g/mol. The van der Waals surface area contributed by atoms with Crippen molar-refractivity contribution < 1.29 is 4.79 Å². The Hall–Kier alpha value is -2.14. The Balaban J connectivity index is 0.000000882. The second-order valence-electron chi connectivity index (χ2n) is 9.41. The first kappa shape index (κ1) is 18.9. The summed E-state index contributed by atoms with van der Waals surface area (Å²) >= 11 is 0. The highest BCUT2D eigenvalue weighted by atomic mass is 16.2. The van der Waals surface area contributed by atoms with Crippen LogP contribution < -0.4 is 0 Å². The second kappa shape index (κ2) is 6.43. The van der Waals surface area contributed by atoms with Gasteiger partial charge in [-0.2, -0.15) is 5.10 Å². The molecule has 6 rings (SSSR count). The molecule has 5 nitrogen and oxygen atoms in total. The molecule has 1 N–H and O–H groups in total. The van der Waals surface area contributed by atoms with Gasteiger partial charge in [0.1, 0.15) is 5.69 Å². The van der Waals surface area contributed by atoms with Crippen LogP contribution in [0.4, 0.5) is 0 Å². The number of amides is 1. The second-order valence-corrected chi connectivity index (χ2v) is 9.41. The Labute approximate surface area is 173 Å². The van der Waals surface area contributed by atoms with E-state index in [9.17, 15) is 4.79 Å². The number of carbonyl (C=O) groups is 1. The van der Waals surface area contributed by atoms with Gasteiger partial charge in [0.2, 0.25) is 0 Å². The summed E-state index contributed by atoms with van der Waals surface area (Å²) in [6, 6.07) is 0.423. The summed E-state index contributed by atoms with van der Waals surface area (Å²) in [5, 5.41) is 7.73. The molecule has 2 saturated heterocycles. The number of carbonyl (C=O) groups excluding carboxylic acids is 1. The van der Waals surface area contributed by atoms with Gasteiger partial charge in [-0.25, -0.2) is 0 Å². The van der Waals surface area contributed by atoms with Crippen molar-refractivity contribution in [3.8, 4) is 0 Å². The maximum atomic E-state index is 13.4. The molecule has 2 unspecified atom stereocenters. The lowest BCUT2D eigenvalue weighted by atomic mass is 9.88. The average molecular weight is 393 g/mol. The van der Waals surface area contributed by atoms with Crippen molar-refractivity contribution in [3.63, 3.8) is 0 Å². The highest BCUT2D eigenvalue weighted by molar-refractivity contribution is 5.97. The fourth-order valence-electron chi connectivity index (χ4n) is 5.53. The number of nitrogens with one attached hydrogen (secondary N) is 1. The summed E-state index contributed by atoms with van der Waals surface area (Å²) in [5.74, 6) is 0.162. The molecule has 1 aromatic heterocycles. The van der Waals surface area contributed by atoms with E-state index in [4.69, 9.17) is 0 Å². The number of piperazine rings is 1. The fourth-order valence-corrected chi connectivity index (χ4v) is 5.53. The largest absolute Gasteiger partial charge is 0.331 e. The average Bonchev–Trinajstić information content (AvgIpc) is 3.39. The number of H-pyrrole nitrogens is 1. The number of aromatic amines is 1. The molecule has 5 aliphatic rings. The molecular formula is C24H32N4O. The molecule has 3 fully saturated rings. The van der Waals surface area contributed by atoms with Gasteiger partial charge in [0, 0.05) is 41.7 Å². The maximum Gasteiger partial charge on any atom is 0.272 e. The van der Waals surface area contributed by atoms with Crippen LogP contribution in [0.15, 0.2) is 29.9 Å². The van der Waals surface area contributed by atoms with Gasteiger partial charge in [-0.3, -0.25) is 14.8 Å². The zero-order chi connectivity index (χ0) is 20.4. The van der Waals surface area contributed by atoms with E-state index in [1.54, 1.807) is 0 Å². The number of allylic oxidation sites excluding steroid dienone is 6. The predicted octanol–water partition coefficient (Wildman–Crippen LogP) is 3.96. The van der Waals surface area contributed by atoms with Gasteiger partial charge in [-0.05, 0) is 31.3 Å². The Morgan fingerprint density at radius 3 is 2.69 bits per heavy atom. The van der Waals surface area contributed by atoms with Crippen LogP contribution in [0.2, 0.25) is 0 Å². The fraction of sp³-hybridized carbons (Fsp3) is 0.583. The lowest BCUT2D eigenvalue weighted by Gasteiger charge is -2.48. The van der Waals surface area contributed by atoms with E-state index in [1.165, 1.54) is 24.1 Å². The third-order valence-corrected chi connectivity index (χ3v) is 7.42. The SMILES string of the molecule is CC.CC1(C)C=CC2=C(C=C1)c1n[nH]c(C(=O)N3CCN4CCC45CC35)c1CC2. The standard InChI is InChI=1S/C22H26N4O.C2H6/c1-21(2)7-5-14-3-4-16-18(15(14)6-8-21)23-24-19(16)20(27)26-12-11-25-10-9-22(25)13-17(22)26;1-2/h5-8,17H,3-4,9-13H2,1-2H3,(H,23,24);1-2H3. The van der Waals surface area contributed by atoms with Crippen molar-refractivity contribution in [1.29, 1.82) is 0 Å². The summed E-state index contributed by atoms with van der Waals surface area (Å²) in [7, 11) is 0. The van der Waals surface area contributed by atoms with Crippen LogP contribution in [0.5, 0.6) is 0 Å². The zero-order valence-electron chi connectivity index (χ0n) is 18.1. The highest BCUT2D eigenvalue weighted by Crippen LogP contribution is 2.56. The van der Waals surface area contributed by atoms with Crippen LogP contribution in [0, 0.1) is 5.41 Å². The Morgan fingerprint density at radius 2 is 1.93 bits per heavy atom. The summed E-state index contributed by atoms with van der Waals surface area (Å²) in [6.45, 7) is 11.5. The third kappa shape index (κ3) is 2.70. The summed E-state index contributed by atoms with van der Waals surface area (Å²) in [4.78, 5) is 18.1. The summed E-state index contributed by atoms with van der Waals surface area (Å²) in [6.07, 6.45) is 13.2. The van der Waals surface area contributed by atoms with E-state index in [0.29, 0.717) is 11.6 Å². The lowest BCUT2D eigenvalue weighted by Crippen LogP contribution is -2.61. The molecule has 1 saturated carbocycles. The molecule has 0 aromatic carbocycles. The van der Waals surface area contributed by atoms with Crippen molar-refractivity contribution in [2.24, 2.45) is 5.41 Å². The van der Waals surface area contributed by atoms with Gasteiger partial charge in [0.25, 0.3) is 5.91 Å². The Bertz CT molecular complexity index is 950. The van der Waals surface area contributed by atoms with Gasteiger partial charge in [0.05, 0.1) is 11.7 Å². The zero-order valence-corrected chi connectivity index (χ0v) is 18.1. The van der Waals surface area contributed by atoms with Crippen LogP contribution in [-0.4, -0.2) is 57.1 Å². The van der Waals surface area contributed by atoms with E-state index in [-0.39, 0.29) is 11.3 Å². The van der Waals surface area contributed by atoms with Crippen LogP contribution in [0.1, 0.15) is 68.7 Å². The van der Waals surface area contributed by atoms with E-state index >= 15 is 0 Å². The summed E-state index contributed by atoms with van der Waals surface area (Å²) in [5.41, 5.74) is 5.72. The number of rotatable bonds is 1. The quantitative estimate of drug-likeness (QED) is 0.787. The molecule has 0 radical (unpaired) electrons. The van der Waals surface area contributed by atoms with Crippen molar-refractivity contribution in [1.82, 2.24) is 20.0 Å². The topological polar surface area (TPSA) is 52.2 Å². The van der Waals surface area contributed by atoms with Gasteiger partial charge in [0.15, 0.2) is 0 Å². The number of hydrogen-bond acceptors (Lipinski definition) is 3. The Kier molecular flexibility index (Phi) is 4.18. The first-order valence-electron chi connectivity index (χ1n) is 11.2. The normalized spacial score (nSPS) is 30.8. The van der Waals surface area contributed by atoms with Crippen molar-refractivity contribution in [3.05, 3.63) is 46.8 Å². The van der Waals surface area contributed by atoms with Gasteiger partial charge in [-0.1, -0.05) is 52.0 Å². The number of fused-ring (bicyclic) bond motifs is 2. The minimum atomic E-state index is 0.0508. The molecule has 29 heavy (non-hydrogen) atoms. The van der Waals surface area contributed by atoms with E-state index in [0.717, 1.165) is 49.3 Å². The third-order valence-electron chi connectivity index (χ3n) is 7.42. The van der Waals surface area contributed by atoms with Crippen molar-refractivity contribution >= 4 is 11.5 Å². The first-order valence-corrected chi connectivity index (χ1v) is 11.2. The maximum absolute atomic E-state index is 13.4. The molecule has 3 heterocycles. The minimum Gasteiger partial charge on any atom is -0.331 e. The van der Waals surface area contributed by atoms with E-state index < -0.39 is 0 Å². The van der Waals surface area contributed by atoms with Crippen LogP contribution in [0.3, 0.4) is 0 Å². The molecule has 1 spiro atoms. The molecular weight excluding hydrogens is 360 g/mol. The van der Waals surface area contributed by atoms with Crippen molar-refractivity contribution in [2.75, 3.05) is 19.6 Å². The van der Waals surface area contributed by atoms with Crippen LogP contribution >= 0.6 is 0 Å². The predicted molar refractivity (Wildman–Crippen MR) is 116 cm³/mol. The lowest BCUT2D eigenvalue weighted by molar-refractivity contribution is -0.000178. The molecule has 1 amide bonds. The minimum absolute atomic E-state index is 0.0508. The van der Waals surface area contributed by atoms with Gasteiger partial charge in [-0.15, -0.1) is 0 Å². The van der Waals surface area contributed by atoms with Gasteiger partial charge >= 0.3 is 0 Å². The molecule has 1 aromatic rings. The van der Waals surface area contributed by atoms with E-state index in [1.807, 2.05) is 13.8 Å². The molecule has 154 valence electrons. The Morgan fingerprint density at radius 1 is 1.14 bits per heavy atom. The molecule has 0 bridgehead atoms.